The average Bonchev–Trinajstić information content (AvgIpc) is 2.15. The summed E-state index contributed by atoms with van der Waals surface area (Å²) in [5.74, 6) is 0.965. The van der Waals surface area contributed by atoms with Crippen LogP contribution in [-0.2, 0) is 0 Å². The van der Waals surface area contributed by atoms with E-state index in [0.717, 1.165) is 5.82 Å². The van der Waals surface area contributed by atoms with Crippen molar-refractivity contribution in [2.75, 3.05) is 0 Å². The highest BCUT2D eigenvalue weighted by molar-refractivity contribution is 14.1. The van der Waals surface area contributed by atoms with Gasteiger partial charge in [-0.3, -0.25) is 0 Å². The standard InChI is InChI=1S/C10H17IN2/c1-8(11)10(12-2)13-9-6-4-3-5-7-9/h9,13H,2-7H2,1H3/b10-8-. The Morgan fingerprint density at radius 2 is 2.00 bits per heavy atom. The predicted octanol–water partition coefficient (Wildman–Crippen LogP) is 3.23. The summed E-state index contributed by atoms with van der Waals surface area (Å²) in [5, 5.41) is 3.45. The number of nitrogens with one attached hydrogen (secondary N) is 1. The van der Waals surface area contributed by atoms with Gasteiger partial charge in [-0.2, -0.15) is 0 Å². The molecule has 2 nitrogen and oxygen atoms in total. The topological polar surface area (TPSA) is 24.4 Å². The van der Waals surface area contributed by atoms with Gasteiger partial charge in [-0.25, -0.2) is 4.99 Å². The zero-order chi connectivity index (χ0) is 9.68. The van der Waals surface area contributed by atoms with E-state index in [0.29, 0.717) is 6.04 Å². The minimum Gasteiger partial charge on any atom is -0.367 e. The molecule has 1 rings (SSSR count). The molecule has 0 radical (unpaired) electrons. The van der Waals surface area contributed by atoms with Gasteiger partial charge in [0.1, 0.15) is 5.82 Å². The maximum absolute atomic E-state index is 3.99. The SMILES string of the molecule is C=N/C(NC1CCCCC1)=C(\C)I. The first kappa shape index (κ1) is 11.0. The van der Waals surface area contributed by atoms with Crippen LogP contribution in [0.1, 0.15) is 39.0 Å². The number of nitrogens with zero attached hydrogens (tertiary/aromatic N) is 1. The lowest BCUT2D eigenvalue weighted by atomic mass is 9.95. The van der Waals surface area contributed by atoms with Gasteiger partial charge in [-0.05, 0) is 49.1 Å². The summed E-state index contributed by atoms with van der Waals surface area (Å²) >= 11 is 2.28. The molecule has 0 unspecified atom stereocenters. The minimum absolute atomic E-state index is 0.624. The molecule has 1 aliphatic rings. The smallest absolute Gasteiger partial charge is 0.134 e. The molecule has 0 aliphatic heterocycles. The molecule has 0 aromatic carbocycles. The number of rotatable bonds is 3. The van der Waals surface area contributed by atoms with E-state index in [1.54, 1.807) is 0 Å². The van der Waals surface area contributed by atoms with Crippen LogP contribution in [0.4, 0.5) is 0 Å². The molecule has 13 heavy (non-hydrogen) atoms. The van der Waals surface area contributed by atoms with Crippen LogP contribution in [0.5, 0.6) is 0 Å². The van der Waals surface area contributed by atoms with Crippen molar-refractivity contribution < 1.29 is 0 Å². The molecule has 0 heterocycles. The molecule has 0 bridgehead atoms. The van der Waals surface area contributed by atoms with E-state index in [1.165, 1.54) is 35.7 Å². The number of halogens is 1. The van der Waals surface area contributed by atoms with Gasteiger partial charge in [0.25, 0.3) is 0 Å². The lowest BCUT2D eigenvalue weighted by Gasteiger charge is -2.24. The van der Waals surface area contributed by atoms with Crippen molar-refractivity contribution in [3.63, 3.8) is 0 Å². The number of aliphatic imine (C=N–C) groups is 1. The van der Waals surface area contributed by atoms with Crippen molar-refractivity contribution in [2.45, 2.75) is 45.1 Å². The summed E-state index contributed by atoms with van der Waals surface area (Å²) < 4.78 is 1.19. The van der Waals surface area contributed by atoms with Crippen molar-refractivity contribution in [3.8, 4) is 0 Å². The fourth-order valence-electron chi connectivity index (χ4n) is 1.69. The van der Waals surface area contributed by atoms with Gasteiger partial charge in [0.05, 0.1) is 0 Å². The molecule has 0 aromatic heterocycles. The Labute approximate surface area is 94.0 Å². The van der Waals surface area contributed by atoms with Gasteiger partial charge in [-0.15, -0.1) is 0 Å². The fraction of sp³-hybridized carbons (Fsp3) is 0.700. The third kappa shape index (κ3) is 3.67. The van der Waals surface area contributed by atoms with Gasteiger partial charge < -0.3 is 5.32 Å². The first-order valence-electron chi connectivity index (χ1n) is 4.83. The Hall–Kier alpha value is -0.0600. The van der Waals surface area contributed by atoms with E-state index in [-0.39, 0.29) is 0 Å². The number of hydrogen-bond donors (Lipinski definition) is 1. The van der Waals surface area contributed by atoms with E-state index >= 15 is 0 Å². The summed E-state index contributed by atoms with van der Waals surface area (Å²) in [6.45, 7) is 5.63. The normalized spacial score (nSPS) is 20.8. The largest absolute Gasteiger partial charge is 0.367 e. The monoisotopic (exact) mass is 292 g/mol. The van der Waals surface area contributed by atoms with Crippen LogP contribution in [0, 0.1) is 0 Å². The quantitative estimate of drug-likeness (QED) is 0.627. The van der Waals surface area contributed by atoms with E-state index in [9.17, 15) is 0 Å². The van der Waals surface area contributed by atoms with Crippen molar-refractivity contribution in [1.82, 2.24) is 5.32 Å². The van der Waals surface area contributed by atoms with Crippen molar-refractivity contribution in [3.05, 3.63) is 9.40 Å². The Morgan fingerprint density at radius 3 is 2.46 bits per heavy atom. The molecular formula is C10H17IN2. The molecule has 1 fully saturated rings. The maximum atomic E-state index is 3.99. The van der Waals surface area contributed by atoms with Gasteiger partial charge in [0.15, 0.2) is 0 Å². The Kier molecular flexibility index (Phi) is 4.77. The fourth-order valence-corrected chi connectivity index (χ4v) is 2.02. The van der Waals surface area contributed by atoms with E-state index in [2.05, 4.69) is 46.5 Å². The second-order valence-corrected chi connectivity index (χ2v) is 5.14. The molecule has 74 valence electrons. The molecule has 0 saturated heterocycles. The molecule has 3 heteroatoms. The van der Waals surface area contributed by atoms with Crippen LogP contribution in [0.25, 0.3) is 0 Å². The summed E-state index contributed by atoms with van der Waals surface area (Å²) in [7, 11) is 0. The van der Waals surface area contributed by atoms with E-state index in [4.69, 9.17) is 0 Å². The highest BCUT2D eigenvalue weighted by Crippen LogP contribution is 2.20. The first-order chi connectivity index (χ1) is 6.24. The molecular weight excluding hydrogens is 275 g/mol. The van der Waals surface area contributed by atoms with Gasteiger partial charge >= 0.3 is 0 Å². The predicted molar refractivity (Wildman–Crippen MR) is 66.3 cm³/mol. The zero-order valence-corrected chi connectivity index (χ0v) is 10.3. The van der Waals surface area contributed by atoms with Crippen molar-refractivity contribution in [1.29, 1.82) is 0 Å². The third-order valence-corrected chi connectivity index (χ3v) is 2.94. The lowest BCUT2D eigenvalue weighted by molar-refractivity contribution is 0.395. The second kappa shape index (κ2) is 5.62. The number of allylic oxidation sites excluding steroid dienone is 1. The number of hydrogen-bond acceptors (Lipinski definition) is 2. The summed E-state index contributed by atoms with van der Waals surface area (Å²) in [5.41, 5.74) is 0. The van der Waals surface area contributed by atoms with Gasteiger partial charge in [-0.1, -0.05) is 19.3 Å². The summed E-state index contributed by atoms with van der Waals surface area (Å²) in [4.78, 5) is 3.99. The van der Waals surface area contributed by atoms with Gasteiger partial charge in [0, 0.05) is 9.62 Å². The van der Waals surface area contributed by atoms with E-state index in [1.807, 2.05) is 0 Å². The lowest BCUT2D eigenvalue weighted by Crippen LogP contribution is -2.30. The van der Waals surface area contributed by atoms with Crippen LogP contribution in [0.15, 0.2) is 14.4 Å². The molecule has 0 spiro atoms. The molecule has 0 aromatic rings. The maximum Gasteiger partial charge on any atom is 0.134 e. The Morgan fingerprint density at radius 1 is 1.38 bits per heavy atom. The molecule has 1 saturated carbocycles. The highest BCUT2D eigenvalue weighted by Gasteiger charge is 2.13. The molecule has 1 aliphatic carbocycles. The second-order valence-electron chi connectivity index (χ2n) is 3.52. The van der Waals surface area contributed by atoms with Crippen molar-refractivity contribution >= 4 is 29.3 Å². The van der Waals surface area contributed by atoms with E-state index < -0.39 is 0 Å². The van der Waals surface area contributed by atoms with Crippen LogP contribution in [-0.4, -0.2) is 12.8 Å². The molecule has 1 N–H and O–H groups in total. The average molecular weight is 292 g/mol. The third-order valence-electron chi connectivity index (χ3n) is 2.43. The summed E-state index contributed by atoms with van der Waals surface area (Å²) in [6, 6.07) is 0.624. The Bertz CT molecular complexity index is 201. The zero-order valence-electron chi connectivity index (χ0n) is 8.15. The van der Waals surface area contributed by atoms with Crippen LogP contribution in [0.3, 0.4) is 0 Å². The van der Waals surface area contributed by atoms with Crippen LogP contribution >= 0.6 is 22.6 Å². The first-order valence-corrected chi connectivity index (χ1v) is 5.91. The van der Waals surface area contributed by atoms with Crippen molar-refractivity contribution in [2.24, 2.45) is 4.99 Å². The molecule has 0 amide bonds. The highest BCUT2D eigenvalue weighted by atomic mass is 127. The van der Waals surface area contributed by atoms with Gasteiger partial charge in [0.2, 0.25) is 0 Å². The minimum atomic E-state index is 0.624. The summed E-state index contributed by atoms with van der Waals surface area (Å²) in [6.07, 6.45) is 6.65. The van der Waals surface area contributed by atoms with Crippen LogP contribution < -0.4 is 5.32 Å². The van der Waals surface area contributed by atoms with Crippen LogP contribution in [0.2, 0.25) is 0 Å². The Balaban J connectivity index is 2.45. The molecule has 0 atom stereocenters.